The third kappa shape index (κ3) is 3.33. The quantitative estimate of drug-likeness (QED) is 0.613. The second-order valence-corrected chi connectivity index (χ2v) is 5.11. The minimum atomic E-state index is -0.553. The van der Waals surface area contributed by atoms with Crippen LogP contribution in [0.5, 0.6) is 5.75 Å². The van der Waals surface area contributed by atoms with Crippen LogP contribution >= 0.6 is 15.9 Å². The number of ether oxygens (including phenoxy) is 1. The lowest BCUT2D eigenvalue weighted by Crippen LogP contribution is -2.01. The van der Waals surface area contributed by atoms with E-state index in [-0.39, 0.29) is 17.9 Å². The number of hydrogen-bond acceptors (Lipinski definition) is 3. The molecule has 0 aliphatic heterocycles. The predicted octanol–water partition coefficient (Wildman–Crippen LogP) is 4.38. The second kappa shape index (κ2) is 6.00. The van der Waals surface area contributed by atoms with E-state index in [1.807, 2.05) is 19.1 Å². The Kier molecular flexibility index (Phi) is 4.34. The van der Waals surface area contributed by atoms with Gasteiger partial charge in [-0.25, -0.2) is 4.39 Å². The van der Waals surface area contributed by atoms with Crippen molar-refractivity contribution >= 4 is 21.6 Å². The Hall–Kier alpha value is -1.95. The molecule has 0 amide bonds. The molecular weight excluding hydrogens is 329 g/mol. The van der Waals surface area contributed by atoms with Gasteiger partial charge in [0, 0.05) is 6.07 Å². The van der Waals surface area contributed by atoms with E-state index in [0.29, 0.717) is 5.75 Å². The first-order valence-corrected chi connectivity index (χ1v) is 6.58. The lowest BCUT2D eigenvalue weighted by atomic mass is 10.2. The molecule has 0 aliphatic rings. The van der Waals surface area contributed by atoms with E-state index in [1.54, 1.807) is 6.07 Å². The van der Waals surface area contributed by atoms with Crippen LogP contribution in [0, 0.1) is 22.9 Å². The number of rotatable bonds is 4. The van der Waals surface area contributed by atoms with E-state index in [4.69, 9.17) is 4.74 Å². The summed E-state index contributed by atoms with van der Waals surface area (Å²) in [5, 5.41) is 10.9. The molecule has 20 heavy (non-hydrogen) atoms. The maximum absolute atomic E-state index is 13.2. The first-order chi connectivity index (χ1) is 9.47. The van der Waals surface area contributed by atoms with Gasteiger partial charge in [-0.3, -0.25) is 10.1 Å². The third-order valence-corrected chi connectivity index (χ3v) is 3.33. The van der Waals surface area contributed by atoms with Crippen molar-refractivity contribution in [3.8, 4) is 5.75 Å². The van der Waals surface area contributed by atoms with Crippen LogP contribution in [-0.2, 0) is 6.61 Å². The number of nitro groups is 1. The number of benzene rings is 2. The molecule has 0 N–H and O–H groups in total. The van der Waals surface area contributed by atoms with Crippen molar-refractivity contribution in [1.29, 1.82) is 0 Å². The van der Waals surface area contributed by atoms with Gasteiger partial charge < -0.3 is 4.74 Å². The van der Waals surface area contributed by atoms with Crippen LogP contribution in [0.2, 0.25) is 0 Å². The van der Waals surface area contributed by atoms with Crippen LogP contribution in [0.15, 0.2) is 40.9 Å². The van der Waals surface area contributed by atoms with Crippen LogP contribution in [-0.4, -0.2) is 4.92 Å². The van der Waals surface area contributed by atoms with Gasteiger partial charge in [-0.1, -0.05) is 6.07 Å². The standard InChI is InChI=1S/C14H11BrFNO3/c1-9-2-5-14(12(15)6-9)20-8-10-7-11(16)3-4-13(10)17(18)19/h2-7H,8H2,1H3. The van der Waals surface area contributed by atoms with Crippen molar-refractivity contribution in [1.82, 2.24) is 0 Å². The van der Waals surface area contributed by atoms with Gasteiger partial charge in [-0.2, -0.15) is 0 Å². The molecule has 0 saturated heterocycles. The van der Waals surface area contributed by atoms with Gasteiger partial charge in [-0.05, 0) is 52.7 Å². The van der Waals surface area contributed by atoms with Crippen molar-refractivity contribution in [2.45, 2.75) is 13.5 Å². The molecule has 2 aromatic rings. The van der Waals surface area contributed by atoms with E-state index in [9.17, 15) is 14.5 Å². The predicted molar refractivity (Wildman–Crippen MR) is 76.3 cm³/mol. The fourth-order valence-corrected chi connectivity index (χ4v) is 2.33. The van der Waals surface area contributed by atoms with Crippen molar-refractivity contribution in [2.24, 2.45) is 0 Å². The lowest BCUT2D eigenvalue weighted by Gasteiger charge is -2.09. The van der Waals surface area contributed by atoms with Crippen LogP contribution < -0.4 is 4.74 Å². The largest absolute Gasteiger partial charge is 0.487 e. The Morgan fingerprint density at radius 3 is 2.70 bits per heavy atom. The van der Waals surface area contributed by atoms with E-state index in [1.165, 1.54) is 0 Å². The van der Waals surface area contributed by atoms with Gasteiger partial charge >= 0.3 is 0 Å². The normalized spacial score (nSPS) is 10.3. The summed E-state index contributed by atoms with van der Waals surface area (Å²) in [6, 6.07) is 8.79. The zero-order chi connectivity index (χ0) is 14.7. The fraction of sp³-hybridized carbons (Fsp3) is 0.143. The van der Waals surface area contributed by atoms with Gasteiger partial charge in [0.05, 0.1) is 15.0 Å². The van der Waals surface area contributed by atoms with Crippen molar-refractivity contribution < 1.29 is 14.1 Å². The molecule has 4 nitrogen and oxygen atoms in total. The highest BCUT2D eigenvalue weighted by atomic mass is 79.9. The first-order valence-electron chi connectivity index (χ1n) is 5.79. The Labute approximate surface area is 123 Å². The molecule has 6 heteroatoms. The molecule has 0 bridgehead atoms. The number of nitro benzene ring substituents is 1. The lowest BCUT2D eigenvalue weighted by molar-refractivity contribution is -0.385. The topological polar surface area (TPSA) is 52.4 Å². The monoisotopic (exact) mass is 339 g/mol. The number of aryl methyl sites for hydroxylation is 1. The molecular formula is C14H11BrFNO3. The molecule has 104 valence electrons. The van der Waals surface area contributed by atoms with E-state index >= 15 is 0 Å². The minimum Gasteiger partial charge on any atom is -0.487 e. The SMILES string of the molecule is Cc1ccc(OCc2cc(F)ccc2[N+](=O)[O-])c(Br)c1. The molecule has 0 radical (unpaired) electrons. The summed E-state index contributed by atoms with van der Waals surface area (Å²) in [4.78, 5) is 10.3. The Balaban J connectivity index is 2.22. The highest BCUT2D eigenvalue weighted by molar-refractivity contribution is 9.10. The van der Waals surface area contributed by atoms with E-state index < -0.39 is 10.7 Å². The highest BCUT2D eigenvalue weighted by Crippen LogP contribution is 2.28. The van der Waals surface area contributed by atoms with E-state index in [0.717, 1.165) is 28.2 Å². The number of hydrogen-bond donors (Lipinski definition) is 0. The molecule has 0 aromatic heterocycles. The van der Waals surface area contributed by atoms with Gasteiger partial charge in [0.1, 0.15) is 18.2 Å². The maximum Gasteiger partial charge on any atom is 0.276 e. The van der Waals surface area contributed by atoms with Gasteiger partial charge in [0.15, 0.2) is 0 Å². The minimum absolute atomic E-state index is 0.0737. The first kappa shape index (κ1) is 14.5. The van der Waals surface area contributed by atoms with Crippen LogP contribution in [0.4, 0.5) is 10.1 Å². The summed E-state index contributed by atoms with van der Waals surface area (Å²) in [7, 11) is 0. The van der Waals surface area contributed by atoms with E-state index in [2.05, 4.69) is 15.9 Å². The van der Waals surface area contributed by atoms with Crippen LogP contribution in [0.3, 0.4) is 0 Å². The summed E-state index contributed by atoms with van der Waals surface area (Å²) >= 11 is 3.35. The fourth-order valence-electron chi connectivity index (χ4n) is 1.73. The number of halogens is 2. The molecule has 0 atom stereocenters. The van der Waals surface area contributed by atoms with Gasteiger partial charge in [0.2, 0.25) is 0 Å². The highest BCUT2D eigenvalue weighted by Gasteiger charge is 2.15. The molecule has 0 saturated carbocycles. The Morgan fingerprint density at radius 2 is 2.05 bits per heavy atom. The molecule has 0 aliphatic carbocycles. The average Bonchev–Trinajstić information content (AvgIpc) is 2.37. The summed E-state index contributed by atoms with van der Waals surface area (Å²) in [6.45, 7) is 1.86. The summed E-state index contributed by atoms with van der Waals surface area (Å²) < 4.78 is 19.4. The van der Waals surface area contributed by atoms with Crippen molar-refractivity contribution in [2.75, 3.05) is 0 Å². The molecule has 0 heterocycles. The zero-order valence-electron chi connectivity index (χ0n) is 10.6. The smallest absolute Gasteiger partial charge is 0.276 e. The summed E-state index contributed by atoms with van der Waals surface area (Å²) in [6.07, 6.45) is 0. The third-order valence-electron chi connectivity index (χ3n) is 2.71. The second-order valence-electron chi connectivity index (χ2n) is 4.25. The van der Waals surface area contributed by atoms with Crippen molar-refractivity contribution in [3.63, 3.8) is 0 Å². The zero-order valence-corrected chi connectivity index (χ0v) is 12.2. The van der Waals surface area contributed by atoms with Gasteiger partial charge in [0.25, 0.3) is 5.69 Å². The Morgan fingerprint density at radius 1 is 1.30 bits per heavy atom. The molecule has 2 aromatic carbocycles. The van der Waals surface area contributed by atoms with Crippen molar-refractivity contribution in [3.05, 3.63) is 67.9 Å². The average molecular weight is 340 g/mol. The molecule has 0 fully saturated rings. The molecule has 0 unspecified atom stereocenters. The van der Waals surface area contributed by atoms with Crippen LogP contribution in [0.1, 0.15) is 11.1 Å². The number of nitrogens with zero attached hydrogens (tertiary/aromatic N) is 1. The summed E-state index contributed by atoms with van der Waals surface area (Å²) in [5.74, 6) is 0.0198. The summed E-state index contributed by atoms with van der Waals surface area (Å²) in [5.41, 5.74) is 1.10. The molecule has 0 spiro atoms. The van der Waals surface area contributed by atoms with Gasteiger partial charge in [-0.15, -0.1) is 0 Å². The maximum atomic E-state index is 13.2. The molecule has 2 rings (SSSR count). The van der Waals surface area contributed by atoms with Crippen LogP contribution in [0.25, 0.3) is 0 Å². The Bertz CT molecular complexity index is 661.